The summed E-state index contributed by atoms with van der Waals surface area (Å²) in [4.78, 5) is 0. The summed E-state index contributed by atoms with van der Waals surface area (Å²) in [5, 5.41) is 21.1. The summed E-state index contributed by atoms with van der Waals surface area (Å²) in [5.41, 5.74) is 1.50. The van der Waals surface area contributed by atoms with Crippen molar-refractivity contribution in [1.29, 1.82) is 0 Å². The molecule has 2 fully saturated rings. The predicted molar refractivity (Wildman–Crippen MR) is 86.0 cm³/mol. The van der Waals surface area contributed by atoms with E-state index in [1.807, 2.05) is 6.92 Å². The van der Waals surface area contributed by atoms with Gasteiger partial charge in [-0.1, -0.05) is 31.9 Å². The second kappa shape index (κ2) is 5.09. The highest BCUT2D eigenvalue weighted by atomic mass is 16.3. The Morgan fingerprint density at radius 3 is 2.67 bits per heavy atom. The highest BCUT2D eigenvalue weighted by molar-refractivity contribution is 5.35. The summed E-state index contributed by atoms with van der Waals surface area (Å²) in [6.45, 7) is 6.55. The molecule has 4 atom stereocenters. The normalized spacial score (nSPS) is 40.3. The molecule has 3 aliphatic rings. The number of hydrogen-bond donors (Lipinski definition) is 2. The molecule has 1 unspecified atom stereocenters. The zero-order chi connectivity index (χ0) is 15.3. The summed E-state index contributed by atoms with van der Waals surface area (Å²) in [6, 6.07) is 0. The average molecular weight is 292 g/mol. The smallest absolute Gasteiger partial charge is 0.0628 e. The van der Waals surface area contributed by atoms with Crippen molar-refractivity contribution in [3.8, 4) is 0 Å². The van der Waals surface area contributed by atoms with Gasteiger partial charge >= 0.3 is 0 Å². The van der Waals surface area contributed by atoms with E-state index in [4.69, 9.17) is 0 Å². The SMILES string of the molecule is CCCC(C)(O)CC1(C2=CC[C@H]3[C@@H](O)CCC[C@@]23C)CC1. The first kappa shape index (κ1) is 15.6. The third-order valence-corrected chi connectivity index (χ3v) is 6.60. The Kier molecular flexibility index (Phi) is 3.77. The summed E-state index contributed by atoms with van der Waals surface area (Å²) < 4.78 is 0. The lowest BCUT2D eigenvalue weighted by molar-refractivity contribution is -0.00390. The fraction of sp³-hybridized carbons (Fsp3) is 0.895. The number of fused-ring (bicyclic) bond motifs is 1. The zero-order valence-corrected chi connectivity index (χ0v) is 14.0. The lowest BCUT2D eigenvalue weighted by atomic mass is 9.61. The van der Waals surface area contributed by atoms with Gasteiger partial charge in [0, 0.05) is 0 Å². The Balaban J connectivity index is 1.81. The average Bonchev–Trinajstić information content (AvgIpc) is 3.02. The van der Waals surface area contributed by atoms with Crippen molar-refractivity contribution >= 4 is 0 Å². The third-order valence-electron chi connectivity index (χ3n) is 6.60. The fourth-order valence-electron chi connectivity index (χ4n) is 5.59. The Hall–Kier alpha value is -0.340. The predicted octanol–water partition coefficient (Wildman–Crippen LogP) is 4.21. The molecule has 2 nitrogen and oxygen atoms in total. The van der Waals surface area contributed by atoms with Gasteiger partial charge in [-0.2, -0.15) is 0 Å². The minimum Gasteiger partial charge on any atom is -0.393 e. The molecule has 0 spiro atoms. The van der Waals surface area contributed by atoms with Crippen LogP contribution >= 0.6 is 0 Å². The lowest BCUT2D eigenvalue weighted by Gasteiger charge is -2.45. The molecule has 21 heavy (non-hydrogen) atoms. The molecule has 2 heteroatoms. The maximum absolute atomic E-state index is 10.7. The minimum atomic E-state index is -0.534. The van der Waals surface area contributed by atoms with Gasteiger partial charge in [-0.25, -0.2) is 0 Å². The van der Waals surface area contributed by atoms with Crippen molar-refractivity contribution in [2.24, 2.45) is 16.7 Å². The van der Waals surface area contributed by atoms with Gasteiger partial charge < -0.3 is 10.2 Å². The van der Waals surface area contributed by atoms with Crippen LogP contribution in [-0.2, 0) is 0 Å². The minimum absolute atomic E-state index is 0.121. The van der Waals surface area contributed by atoms with Gasteiger partial charge in [-0.05, 0) is 75.0 Å². The van der Waals surface area contributed by atoms with Gasteiger partial charge in [0.2, 0.25) is 0 Å². The van der Waals surface area contributed by atoms with Crippen LogP contribution in [0.3, 0.4) is 0 Å². The number of aliphatic hydroxyl groups excluding tert-OH is 1. The molecule has 0 heterocycles. The largest absolute Gasteiger partial charge is 0.393 e. The molecule has 0 aromatic rings. The van der Waals surface area contributed by atoms with Crippen LogP contribution in [0.25, 0.3) is 0 Å². The van der Waals surface area contributed by atoms with Crippen molar-refractivity contribution in [2.45, 2.75) is 90.3 Å². The van der Waals surface area contributed by atoms with E-state index in [0.29, 0.717) is 5.92 Å². The zero-order valence-electron chi connectivity index (χ0n) is 14.0. The van der Waals surface area contributed by atoms with Crippen molar-refractivity contribution in [1.82, 2.24) is 0 Å². The van der Waals surface area contributed by atoms with Gasteiger partial charge in [-0.15, -0.1) is 0 Å². The molecule has 2 N–H and O–H groups in total. The number of hydrogen-bond acceptors (Lipinski definition) is 2. The molecular formula is C19H32O2. The fourth-order valence-corrected chi connectivity index (χ4v) is 5.59. The monoisotopic (exact) mass is 292 g/mol. The summed E-state index contributed by atoms with van der Waals surface area (Å²) >= 11 is 0. The van der Waals surface area contributed by atoms with Crippen LogP contribution in [0.1, 0.15) is 78.6 Å². The third kappa shape index (κ3) is 2.59. The lowest BCUT2D eigenvalue weighted by Crippen LogP contribution is -2.41. The van der Waals surface area contributed by atoms with Crippen molar-refractivity contribution in [3.05, 3.63) is 11.6 Å². The Labute approximate surface area is 129 Å². The molecule has 0 radical (unpaired) electrons. The van der Waals surface area contributed by atoms with E-state index in [1.54, 1.807) is 5.57 Å². The molecule has 120 valence electrons. The van der Waals surface area contributed by atoms with Crippen LogP contribution in [0, 0.1) is 16.7 Å². The van der Waals surface area contributed by atoms with Crippen LogP contribution in [0.5, 0.6) is 0 Å². The van der Waals surface area contributed by atoms with Crippen LogP contribution < -0.4 is 0 Å². The summed E-state index contributed by atoms with van der Waals surface area (Å²) in [5.74, 6) is 0.426. The highest BCUT2D eigenvalue weighted by Gasteiger charge is 2.58. The van der Waals surface area contributed by atoms with Crippen molar-refractivity contribution in [2.75, 3.05) is 0 Å². The van der Waals surface area contributed by atoms with Crippen molar-refractivity contribution < 1.29 is 10.2 Å². The van der Waals surface area contributed by atoms with Crippen LogP contribution in [0.2, 0.25) is 0 Å². The van der Waals surface area contributed by atoms with Crippen LogP contribution in [-0.4, -0.2) is 21.9 Å². The Bertz CT molecular complexity index is 433. The topological polar surface area (TPSA) is 40.5 Å². The molecule has 0 aliphatic heterocycles. The van der Waals surface area contributed by atoms with Crippen LogP contribution in [0.15, 0.2) is 11.6 Å². The first-order valence-corrected chi connectivity index (χ1v) is 8.95. The highest BCUT2D eigenvalue weighted by Crippen LogP contribution is 2.67. The van der Waals surface area contributed by atoms with E-state index < -0.39 is 5.60 Å². The van der Waals surface area contributed by atoms with Gasteiger partial charge in [0.05, 0.1) is 11.7 Å². The molecule has 3 aliphatic carbocycles. The van der Waals surface area contributed by atoms with Gasteiger partial charge in [-0.3, -0.25) is 0 Å². The van der Waals surface area contributed by atoms with Gasteiger partial charge in [0.15, 0.2) is 0 Å². The first-order chi connectivity index (χ1) is 9.83. The van der Waals surface area contributed by atoms with Crippen molar-refractivity contribution in [3.63, 3.8) is 0 Å². The second-order valence-corrected chi connectivity index (χ2v) is 8.54. The Morgan fingerprint density at radius 2 is 2.05 bits per heavy atom. The quantitative estimate of drug-likeness (QED) is 0.745. The summed E-state index contributed by atoms with van der Waals surface area (Å²) in [7, 11) is 0. The molecule has 2 saturated carbocycles. The molecular weight excluding hydrogens is 260 g/mol. The van der Waals surface area contributed by atoms with E-state index in [-0.39, 0.29) is 16.9 Å². The number of aliphatic hydroxyl groups is 2. The summed E-state index contributed by atoms with van der Waals surface area (Å²) in [6.07, 6.45) is 12.0. The van der Waals surface area contributed by atoms with Gasteiger partial charge in [0.25, 0.3) is 0 Å². The van der Waals surface area contributed by atoms with Crippen LogP contribution in [0.4, 0.5) is 0 Å². The molecule has 0 aromatic carbocycles. The molecule has 0 amide bonds. The van der Waals surface area contributed by atoms with Gasteiger partial charge in [0.1, 0.15) is 0 Å². The van der Waals surface area contributed by atoms with E-state index in [9.17, 15) is 10.2 Å². The Morgan fingerprint density at radius 1 is 1.33 bits per heavy atom. The van der Waals surface area contributed by atoms with E-state index in [1.165, 1.54) is 19.3 Å². The standard InChI is InChI=1S/C19H32O2/c1-4-9-17(2,21)13-19(11-12-19)16-8-7-14-15(20)6-5-10-18(14,16)3/h8,14-15,20-21H,4-7,9-13H2,1-3H3/t14-,15-,17?,18+/m0/s1. The first-order valence-electron chi connectivity index (χ1n) is 8.95. The second-order valence-electron chi connectivity index (χ2n) is 8.54. The maximum Gasteiger partial charge on any atom is 0.0628 e. The van der Waals surface area contributed by atoms with E-state index in [0.717, 1.165) is 38.5 Å². The number of allylic oxidation sites excluding steroid dienone is 2. The number of rotatable bonds is 5. The van der Waals surface area contributed by atoms with E-state index >= 15 is 0 Å². The maximum atomic E-state index is 10.7. The molecule has 3 rings (SSSR count). The van der Waals surface area contributed by atoms with E-state index in [2.05, 4.69) is 19.9 Å². The molecule has 0 bridgehead atoms. The molecule has 0 aromatic heterocycles. The molecule has 0 saturated heterocycles.